The third-order valence-electron chi connectivity index (χ3n) is 5.70. The van der Waals surface area contributed by atoms with E-state index in [0.29, 0.717) is 23.7 Å². The zero-order chi connectivity index (χ0) is 20.2. The van der Waals surface area contributed by atoms with Gasteiger partial charge in [0.15, 0.2) is 0 Å². The van der Waals surface area contributed by atoms with Crippen LogP contribution in [-0.2, 0) is 9.47 Å². The van der Waals surface area contributed by atoms with Crippen molar-refractivity contribution in [3.63, 3.8) is 0 Å². The fourth-order valence-corrected chi connectivity index (χ4v) is 3.90. The van der Waals surface area contributed by atoms with Crippen LogP contribution in [0.5, 0.6) is 0 Å². The maximum Gasteiger partial charge on any atom is 0.339 e. The van der Waals surface area contributed by atoms with Crippen LogP contribution in [0.3, 0.4) is 0 Å². The van der Waals surface area contributed by atoms with Crippen LogP contribution in [0.1, 0.15) is 105 Å². The van der Waals surface area contributed by atoms with Crippen molar-refractivity contribution < 1.29 is 19.1 Å². The summed E-state index contributed by atoms with van der Waals surface area (Å²) in [5.41, 5.74) is 0.603. The van der Waals surface area contributed by atoms with E-state index >= 15 is 0 Å². The maximum absolute atomic E-state index is 12.6. The third kappa shape index (κ3) is 7.29. The predicted molar refractivity (Wildman–Crippen MR) is 112 cm³/mol. The zero-order valence-electron chi connectivity index (χ0n) is 17.6. The van der Waals surface area contributed by atoms with E-state index in [-0.39, 0.29) is 6.10 Å². The number of carbonyl (C=O) groups is 2. The van der Waals surface area contributed by atoms with Gasteiger partial charge in [0.25, 0.3) is 0 Å². The van der Waals surface area contributed by atoms with Crippen molar-refractivity contribution in [1.29, 1.82) is 0 Å². The number of benzene rings is 1. The third-order valence-corrected chi connectivity index (χ3v) is 5.70. The number of ether oxygens (including phenoxy) is 2. The van der Waals surface area contributed by atoms with Crippen LogP contribution >= 0.6 is 0 Å². The molecule has 1 aromatic rings. The summed E-state index contributed by atoms with van der Waals surface area (Å²) in [5.74, 6) is -0.435. The molecule has 156 valence electrons. The zero-order valence-corrected chi connectivity index (χ0v) is 17.6. The summed E-state index contributed by atoms with van der Waals surface area (Å²) in [6, 6.07) is 6.79. The van der Waals surface area contributed by atoms with E-state index in [1.807, 2.05) is 6.92 Å². The van der Waals surface area contributed by atoms with Gasteiger partial charge in [-0.2, -0.15) is 0 Å². The molecule has 1 saturated carbocycles. The molecule has 0 saturated heterocycles. The Morgan fingerprint density at radius 2 is 1.50 bits per heavy atom. The molecule has 0 aromatic heterocycles. The summed E-state index contributed by atoms with van der Waals surface area (Å²) in [7, 11) is 0. The highest BCUT2D eigenvalue weighted by atomic mass is 16.5. The van der Waals surface area contributed by atoms with E-state index in [4.69, 9.17) is 9.47 Å². The molecule has 1 fully saturated rings. The Labute approximate surface area is 170 Å². The molecule has 0 spiro atoms. The summed E-state index contributed by atoms with van der Waals surface area (Å²) in [4.78, 5) is 25.1. The van der Waals surface area contributed by atoms with Gasteiger partial charge in [-0.15, -0.1) is 0 Å². The van der Waals surface area contributed by atoms with Gasteiger partial charge in [-0.05, 0) is 44.2 Å². The molecule has 1 aliphatic rings. The Bertz CT molecular complexity index is 604. The Kier molecular flexibility index (Phi) is 10.1. The smallest absolute Gasteiger partial charge is 0.339 e. The van der Waals surface area contributed by atoms with Gasteiger partial charge in [0, 0.05) is 0 Å². The Hall–Kier alpha value is -1.84. The SMILES string of the molecule is CCCCCCCCCOC(=O)c1ccccc1C(=O)OC(C)C1CCCC1. The van der Waals surface area contributed by atoms with Crippen LogP contribution in [0.25, 0.3) is 0 Å². The molecule has 0 aliphatic heterocycles. The van der Waals surface area contributed by atoms with Crippen LogP contribution in [0.15, 0.2) is 24.3 Å². The van der Waals surface area contributed by atoms with Gasteiger partial charge in [0.1, 0.15) is 6.10 Å². The lowest BCUT2D eigenvalue weighted by Gasteiger charge is -2.20. The van der Waals surface area contributed by atoms with Crippen LogP contribution in [-0.4, -0.2) is 24.6 Å². The molecule has 2 rings (SSSR count). The highest BCUT2D eigenvalue weighted by molar-refractivity contribution is 6.03. The molecule has 4 heteroatoms. The van der Waals surface area contributed by atoms with Crippen molar-refractivity contribution in [2.45, 2.75) is 90.6 Å². The van der Waals surface area contributed by atoms with Gasteiger partial charge >= 0.3 is 11.9 Å². The molecule has 0 radical (unpaired) electrons. The first-order valence-corrected chi connectivity index (χ1v) is 11.1. The highest BCUT2D eigenvalue weighted by Crippen LogP contribution is 2.29. The molecule has 0 N–H and O–H groups in total. The summed E-state index contributed by atoms with van der Waals surface area (Å²) in [6.07, 6.45) is 12.7. The average Bonchev–Trinajstić information content (AvgIpc) is 3.25. The molecular formula is C24H36O4. The fourth-order valence-electron chi connectivity index (χ4n) is 3.90. The molecule has 4 nitrogen and oxygen atoms in total. The molecule has 0 heterocycles. The molecule has 0 bridgehead atoms. The number of esters is 2. The van der Waals surface area contributed by atoms with Crippen molar-refractivity contribution in [2.75, 3.05) is 6.61 Å². The lowest BCUT2D eigenvalue weighted by molar-refractivity contribution is 0.0196. The lowest BCUT2D eigenvalue weighted by atomic mass is 10.0. The van der Waals surface area contributed by atoms with E-state index in [9.17, 15) is 9.59 Å². The summed E-state index contributed by atoms with van der Waals surface area (Å²) < 4.78 is 11.1. The first-order valence-electron chi connectivity index (χ1n) is 11.1. The summed E-state index contributed by atoms with van der Waals surface area (Å²) in [5, 5.41) is 0. The van der Waals surface area contributed by atoms with E-state index in [2.05, 4.69) is 6.92 Å². The minimum absolute atomic E-state index is 0.119. The van der Waals surface area contributed by atoms with Crippen LogP contribution < -0.4 is 0 Å². The first kappa shape index (κ1) is 22.4. The molecule has 1 aliphatic carbocycles. The molecule has 28 heavy (non-hydrogen) atoms. The number of carbonyl (C=O) groups excluding carboxylic acids is 2. The maximum atomic E-state index is 12.6. The van der Waals surface area contributed by atoms with E-state index in [0.717, 1.165) is 25.7 Å². The quantitative estimate of drug-likeness (QED) is 0.310. The lowest BCUT2D eigenvalue weighted by Crippen LogP contribution is -2.23. The second-order valence-electron chi connectivity index (χ2n) is 7.96. The van der Waals surface area contributed by atoms with Crippen molar-refractivity contribution >= 4 is 11.9 Å². The predicted octanol–water partition coefficient (Wildman–Crippen LogP) is 6.33. The van der Waals surface area contributed by atoms with Gasteiger partial charge in [0.2, 0.25) is 0 Å². The van der Waals surface area contributed by atoms with Gasteiger partial charge in [-0.1, -0.05) is 70.4 Å². The monoisotopic (exact) mass is 388 g/mol. The summed E-state index contributed by atoms with van der Waals surface area (Å²) >= 11 is 0. The van der Waals surface area contributed by atoms with Crippen molar-refractivity contribution in [3.8, 4) is 0 Å². The molecule has 1 unspecified atom stereocenters. The van der Waals surface area contributed by atoms with E-state index in [1.54, 1.807) is 24.3 Å². The normalized spacial score (nSPS) is 15.4. The van der Waals surface area contributed by atoms with E-state index < -0.39 is 11.9 Å². The molecular weight excluding hydrogens is 352 g/mol. The minimum atomic E-state index is -0.438. The van der Waals surface area contributed by atoms with Crippen molar-refractivity contribution in [1.82, 2.24) is 0 Å². The topological polar surface area (TPSA) is 52.6 Å². The van der Waals surface area contributed by atoms with Crippen molar-refractivity contribution in [2.24, 2.45) is 5.92 Å². The number of hydrogen-bond donors (Lipinski definition) is 0. The first-order chi connectivity index (χ1) is 13.6. The molecule has 1 aromatic carbocycles. The van der Waals surface area contributed by atoms with Crippen LogP contribution in [0, 0.1) is 5.92 Å². The van der Waals surface area contributed by atoms with Gasteiger partial charge in [-0.3, -0.25) is 0 Å². The highest BCUT2D eigenvalue weighted by Gasteiger charge is 2.26. The van der Waals surface area contributed by atoms with Crippen LogP contribution in [0.2, 0.25) is 0 Å². The number of rotatable bonds is 12. The van der Waals surface area contributed by atoms with Gasteiger partial charge in [0.05, 0.1) is 17.7 Å². The van der Waals surface area contributed by atoms with Crippen LogP contribution in [0.4, 0.5) is 0 Å². The largest absolute Gasteiger partial charge is 0.462 e. The average molecular weight is 389 g/mol. The van der Waals surface area contributed by atoms with E-state index in [1.165, 1.54) is 44.9 Å². The van der Waals surface area contributed by atoms with Gasteiger partial charge < -0.3 is 9.47 Å². The van der Waals surface area contributed by atoms with Crippen molar-refractivity contribution in [3.05, 3.63) is 35.4 Å². The molecule has 0 amide bonds. The van der Waals surface area contributed by atoms with Gasteiger partial charge in [-0.25, -0.2) is 9.59 Å². The second kappa shape index (κ2) is 12.6. The Morgan fingerprint density at radius 1 is 0.929 bits per heavy atom. The minimum Gasteiger partial charge on any atom is -0.462 e. The molecule has 1 atom stereocenters. The Balaban J connectivity index is 1.79. The summed E-state index contributed by atoms with van der Waals surface area (Å²) in [6.45, 7) is 4.56. The second-order valence-corrected chi connectivity index (χ2v) is 7.96. The number of unbranched alkanes of at least 4 members (excludes halogenated alkanes) is 6. The Morgan fingerprint density at radius 3 is 2.14 bits per heavy atom. The number of hydrogen-bond acceptors (Lipinski definition) is 4. The standard InChI is InChI=1S/C24H36O4/c1-3-4-5-6-7-8-13-18-27-23(25)21-16-11-12-17-22(21)24(26)28-19(2)20-14-9-10-15-20/h11-12,16-17,19-20H,3-10,13-15,18H2,1-2H3. The fraction of sp³-hybridized carbons (Fsp3) is 0.667.